The second kappa shape index (κ2) is 13.8. The molecule has 6 nitrogen and oxygen atoms in total. The Balaban J connectivity index is 0.00000300. The molecule has 160 valence electrons. The quantitative estimate of drug-likeness (QED) is 0.224. The molecule has 0 amide bonds. The molecule has 1 aliphatic heterocycles. The second-order valence-electron chi connectivity index (χ2n) is 6.78. The van der Waals surface area contributed by atoms with Gasteiger partial charge in [0.15, 0.2) is 5.96 Å². The van der Waals surface area contributed by atoms with Gasteiger partial charge in [0, 0.05) is 37.6 Å². The Hall–Kier alpha value is -1.29. The van der Waals surface area contributed by atoms with Crippen molar-refractivity contribution in [2.45, 2.75) is 19.4 Å². The van der Waals surface area contributed by atoms with E-state index in [0.717, 1.165) is 81.1 Å². The van der Waals surface area contributed by atoms with E-state index in [-0.39, 0.29) is 24.0 Å². The maximum Gasteiger partial charge on any atom is 0.191 e. The monoisotopic (exact) mass is 532 g/mol. The molecular formula is C21H30ClIN4O2. The van der Waals surface area contributed by atoms with Gasteiger partial charge >= 0.3 is 0 Å². The Labute approximate surface area is 195 Å². The smallest absolute Gasteiger partial charge is 0.191 e. The summed E-state index contributed by atoms with van der Waals surface area (Å²) in [5, 5.41) is 7.58. The molecule has 0 aliphatic carbocycles. The molecule has 1 aromatic carbocycles. The maximum atomic E-state index is 5.96. The summed E-state index contributed by atoms with van der Waals surface area (Å²) in [4.78, 5) is 7.16. The van der Waals surface area contributed by atoms with Gasteiger partial charge < -0.3 is 19.8 Å². The Morgan fingerprint density at radius 1 is 1.07 bits per heavy atom. The molecule has 0 atom stereocenters. The van der Waals surface area contributed by atoms with Crippen molar-refractivity contribution >= 4 is 41.5 Å². The van der Waals surface area contributed by atoms with Crippen LogP contribution < -0.4 is 10.6 Å². The van der Waals surface area contributed by atoms with E-state index in [1.165, 1.54) is 0 Å². The van der Waals surface area contributed by atoms with E-state index in [2.05, 4.69) is 15.5 Å². The van der Waals surface area contributed by atoms with Crippen LogP contribution in [0.5, 0.6) is 0 Å². The van der Waals surface area contributed by atoms with Crippen LogP contribution in [0, 0.1) is 0 Å². The van der Waals surface area contributed by atoms with Crippen molar-refractivity contribution in [1.29, 1.82) is 0 Å². The summed E-state index contributed by atoms with van der Waals surface area (Å²) in [5.41, 5.74) is 1.13. The molecule has 0 bridgehead atoms. The number of hydrogen-bond acceptors (Lipinski definition) is 4. The van der Waals surface area contributed by atoms with Gasteiger partial charge in [-0.15, -0.1) is 24.0 Å². The number of guanidine groups is 1. The van der Waals surface area contributed by atoms with E-state index >= 15 is 0 Å². The summed E-state index contributed by atoms with van der Waals surface area (Å²) in [6, 6.07) is 11.7. The number of ether oxygens (including phenoxy) is 1. The van der Waals surface area contributed by atoms with Gasteiger partial charge in [-0.1, -0.05) is 23.7 Å². The van der Waals surface area contributed by atoms with E-state index in [1.54, 1.807) is 6.26 Å². The van der Waals surface area contributed by atoms with Crippen molar-refractivity contribution in [2.24, 2.45) is 4.99 Å². The molecule has 2 heterocycles. The highest BCUT2D eigenvalue weighted by Gasteiger charge is 2.09. The molecule has 1 saturated heterocycles. The molecule has 1 aliphatic rings. The van der Waals surface area contributed by atoms with Crippen LogP contribution in [0.25, 0.3) is 0 Å². The minimum Gasteiger partial charge on any atom is -0.469 e. The number of aliphatic imine (C=N–C) groups is 1. The van der Waals surface area contributed by atoms with Gasteiger partial charge in [0.25, 0.3) is 0 Å². The van der Waals surface area contributed by atoms with Crippen LogP contribution >= 0.6 is 35.6 Å². The third-order valence-electron chi connectivity index (χ3n) is 4.62. The molecule has 3 rings (SSSR count). The average molecular weight is 533 g/mol. The standard InChI is InChI=1S/C21H29ClN4O2.HI/c22-19-6-4-18(5-7-19)17-25-21(24-10-8-20-3-1-14-28-20)23-9-2-11-26-12-15-27-16-13-26;/h1,3-7,14H,2,8-13,15-17H2,(H2,23,24,25);1H. The molecule has 8 heteroatoms. The van der Waals surface area contributed by atoms with Crippen LogP contribution in [0.15, 0.2) is 52.1 Å². The summed E-state index contributed by atoms with van der Waals surface area (Å²) in [6.45, 7) is 7.07. The van der Waals surface area contributed by atoms with Crippen LogP contribution in [0.1, 0.15) is 17.7 Å². The first-order valence-electron chi connectivity index (χ1n) is 9.89. The van der Waals surface area contributed by atoms with Gasteiger partial charge in [-0.3, -0.25) is 4.90 Å². The second-order valence-corrected chi connectivity index (χ2v) is 7.22. The largest absolute Gasteiger partial charge is 0.469 e. The highest BCUT2D eigenvalue weighted by atomic mass is 127. The molecule has 0 spiro atoms. The third-order valence-corrected chi connectivity index (χ3v) is 4.88. The van der Waals surface area contributed by atoms with Crippen LogP contribution in [0.2, 0.25) is 5.02 Å². The summed E-state index contributed by atoms with van der Waals surface area (Å²) in [5.74, 6) is 1.79. The number of rotatable bonds is 9. The molecule has 0 saturated carbocycles. The Bertz CT molecular complexity index is 704. The Morgan fingerprint density at radius 3 is 2.55 bits per heavy atom. The topological polar surface area (TPSA) is 62.0 Å². The number of furan rings is 1. The van der Waals surface area contributed by atoms with E-state index in [4.69, 9.17) is 25.7 Å². The van der Waals surface area contributed by atoms with Gasteiger partial charge in [0.1, 0.15) is 5.76 Å². The molecule has 1 fully saturated rings. The minimum atomic E-state index is 0. The van der Waals surface area contributed by atoms with Crippen LogP contribution in [-0.2, 0) is 17.7 Å². The van der Waals surface area contributed by atoms with E-state index in [9.17, 15) is 0 Å². The molecule has 2 aromatic rings. The van der Waals surface area contributed by atoms with Gasteiger partial charge in [-0.25, -0.2) is 4.99 Å². The number of nitrogens with zero attached hydrogens (tertiary/aromatic N) is 2. The van der Waals surface area contributed by atoms with Crippen LogP contribution in [0.3, 0.4) is 0 Å². The first-order valence-corrected chi connectivity index (χ1v) is 10.3. The fraction of sp³-hybridized carbons (Fsp3) is 0.476. The summed E-state index contributed by atoms with van der Waals surface area (Å²) >= 11 is 5.96. The number of halogens is 2. The van der Waals surface area contributed by atoms with Crippen molar-refractivity contribution in [3.05, 3.63) is 59.0 Å². The molecule has 0 unspecified atom stereocenters. The lowest BCUT2D eigenvalue weighted by molar-refractivity contribution is 0.0376. The summed E-state index contributed by atoms with van der Waals surface area (Å²) in [6.07, 6.45) is 3.59. The zero-order valence-corrected chi connectivity index (χ0v) is 19.7. The SMILES string of the molecule is Clc1ccc(CN=C(NCCCN2CCOCC2)NCCc2ccco2)cc1.I. The van der Waals surface area contributed by atoms with E-state index in [0.29, 0.717) is 6.54 Å². The summed E-state index contributed by atoms with van der Waals surface area (Å²) < 4.78 is 10.8. The number of hydrogen-bond donors (Lipinski definition) is 2. The van der Waals surface area contributed by atoms with Gasteiger partial charge in [0.2, 0.25) is 0 Å². The van der Waals surface area contributed by atoms with Gasteiger partial charge in [-0.05, 0) is 42.8 Å². The number of morpholine rings is 1. The Kier molecular flexibility index (Phi) is 11.5. The van der Waals surface area contributed by atoms with Crippen LogP contribution in [0.4, 0.5) is 0 Å². The minimum absolute atomic E-state index is 0. The van der Waals surface area contributed by atoms with E-state index < -0.39 is 0 Å². The number of nitrogens with one attached hydrogen (secondary N) is 2. The predicted molar refractivity (Wildman–Crippen MR) is 128 cm³/mol. The normalized spacial score (nSPS) is 15.0. The van der Waals surface area contributed by atoms with Crippen molar-refractivity contribution < 1.29 is 9.15 Å². The van der Waals surface area contributed by atoms with Crippen molar-refractivity contribution in [2.75, 3.05) is 45.9 Å². The van der Waals surface area contributed by atoms with Crippen molar-refractivity contribution in [1.82, 2.24) is 15.5 Å². The molecule has 0 radical (unpaired) electrons. The zero-order valence-electron chi connectivity index (χ0n) is 16.6. The molecule has 2 N–H and O–H groups in total. The maximum absolute atomic E-state index is 5.96. The molecular weight excluding hydrogens is 503 g/mol. The van der Waals surface area contributed by atoms with Crippen molar-refractivity contribution in [3.8, 4) is 0 Å². The molecule has 29 heavy (non-hydrogen) atoms. The summed E-state index contributed by atoms with van der Waals surface area (Å²) in [7, 11) is 0. The van der Waals surface area contributed by atoms with Gasteiger partial charge in [-0.2, -0.15) is 0 Å². The van der Waals surface area contributed by atoms with Crippen molar-refractivity contribution in [3.63, 3.8) is 0 Å². The molecule has 1 aromatic heterocycles. The first-order chi connectivity index (χ1) is 13.8. The lowest BCUT2D eigenvalue weighted by Gasteiger charge is -2.26. The highest BCUT2D eigenvalue weighted by Crippen LogP contribution is 2.10. The highest BCUT2D eigenvalue weighted by molar-refractivity contribution is 14.0. The first kappa shape index (κ1) is 24.0. The average Bonchev–Trinajstić information content (AvgIpc) is 3.24. The third kappa shape index (κ3) is 9.37. The predicted octanol–water partition coefficient (Wildman–Crippen LogP) is 3.55. The number of benzene rings is 1. The van der Waals surface area contributed by atoms with Crippen LogP contribution in [-0.4, -0.2) is 56.8 Å². The fourth-order valence-electron chi connectivity index (χ4n) is 3.03. The lowest BCUT2D eigenvalue weighted by atomic mass is 10.2. The Morgan fingerprint density at radius 2 is 1.83 bits per heavy atom. The van der Waals surface area contributed by atoms with E-state index in [1.807, 2.05) is 36.4 Å². The zero-order chi connectivity index (χ0) is 19.4. The van der Waals surface area contributed by atoms with Gasteiger partial charge in [0.05, 0.1) is 26.0 Å². The fourth-order valence-corrected chi connectivity index (χ4v) is 3.15. The lowest BCUT2D eigenvalue weighted by Crippen LogP contribution is -2.41.